The molecule has 14 heavy (non-hydrogen) atoms. The van der Waals surface area contributed by atoms with Gasteiger partial charge in [0.15, 0.2) is 6.29 Å². The van der Waals surface area contributed by atoms with Crippen molar-refractivity contribution in [3.05, 3.63) is 0 Å². The van der Waals surface area contributed by atoms with Gasteiger partial charge in [0.25, 0.3) is 0 Å². The molecule has 0 radical (unpaired) electrons. The first-order valence-corrected chi connectivity index (χ1v) is 3.62. The van der Waals surface area contributed by atoms with Gasteiger partial charge in [-0.05, 0) is 0 Å². The van der Waals surface area contributed by atoms with Crippen molar-refractivity contribution in [3.63, 3.8) is 0 Å². The fourth-order valence-electron chi connectivity index (χ4n) is 0.880. The van der Waals surface area contributed by atoms with E-state index in [1.165, 1.54) is 0 Å². The lowest BCUT2D eigenvalue weighted by Crippen LogP contribution is -2.33. The zero-order valence-corrected chi connectivity index (χ0v) is 7.02. The smallest absolute Gasteiger partial charge is 0.450 e. The first-order chi connectivity index (χ1) is 6.40. The van der Waals surface area contributed by atoms with Crippen LogP contribution in [-0.2, 0) is 4.74 Å². The molecule has 1 saturated heterocycles. The quantitative estimate of drug-likeness (QED) is 0.283. The maximum Gasteiger partial charge on any atom is 0.503 e. The van der Waals surface area contributed by atoms with Crippen LogP contribution in [0.4, 0.5) is 4.79 Å². The summed E-state index contributed by atoms with van der Waals surface area (Å²) in [6.45, 7) is -0.407. The Bertz CT molecular complexity index is 179. The molecule has 0 amide bonds. The van der Waals surface area contributed by atoms with E-state index in [9.17, 15) is 0 Å². The van der Waals surface area contributed by atoms with Crippen LogP contribution in [-0.4, -0.2) is 68.0 Å². The SMILES string of the molecule is O=C(O)O.OC[C@H]1OC(O)[C@@H](O)[C@@H]1O. The third kappa shape index (κ3) is 3.85. The first-order valence-electron chi connectivity index (χ1n) is 3.62. The monoisotopic (exact) mass is 212 g/mol. The molecule has 1 aliphatic rings. The van der Waals surface area contributed by atoms with Crippen LogP contribution >= 0.6 is 0 Å². The van der Waals surface area contributed by atoms with Crippen LogP contribution in [0.15, 0.2) is 0 Å². The number of aliphatic hydroxyl groups excluding tert-OH is 4. The average molecular weight is 212 g/mol. The van der Waals surface area contributed by atoms with Gasteiger partial charge in [0.1, 0.15) is 18.3 Å². The van der Waals surface area contributed by atoms with Crippen molar-refractivity contribution in [1.29, 1.82) is 0 Å². The Hall–Kier alpha value is -0.930. The van der Waals surface area contributed by atoms with E-state index < -0.39 is 37.4 Å². The molecule has 1 unspecified atom stereocenters. The number of rotatable bonds is 1. The Labute approximate surface area is 78.6 Å². The van der Waals surface area contributed by atoms with E-state index in [-0.39, 0.29) is 0 Å². The average Bonchev–Trinajstić information content (AvgIpc) is 2.31. The lowest BCUT2D eigenvalue weighted by Gasteiger charge is -2.09. The molecule has 8 heteroatoms. The van der Waals surface area contributed by atoms with E-state index in [0.717, 1.165) is 0 Å². The summed E-state index contributed by atoms with van der Waals surface area (Å²) in [5.74, 6) is 0. The standard InChI is InChI=1S/C5H10O5.CH2O3/c6-1-2-3(7)4(8)5(9)10-2;2-1(3)4/h2-9H,1H2;(H2,2,3,4)/t2-,3-,4+,5?;/m1./s1. The number of hydrogen-bond donors (Lipinski definition) is 6. The molecular weight excluding hydrogens is 200 g/mol. The molecule has 1 heterocycles. The van der Waals surface area contributed by atoms with Gasteiger partial charge in [0.05, 0.1) is 6.61 Å². The molecule has 0 spiro atoms. The summed E-state index contributed by atoms with van der Waals surface area (Å²) in [4.78, 5) is 8.56. The van der Waals surface area contributed by atoms with Gasteiger partial charge in [-0.2, -0.15) is 0 Å². The number of carbonyl (C=O) groups is 1. The predicted molar refractivity (Wildman–Crippen MR) is 40.6 cm³/mol. The Morgan fingerprint density at radius 2 is 1.57 bits per heavy atom. The number of hydrogen-bond acceptors (Lipinski definition) is 6. The van der Waals surface area contributed by atoms with Gasteiger partial charge < -0.3 is 35.4 Å². The maximum absolute atomic E-state index is 8.93. The second-order valence-electron chi connectivity index (χ2n) is 2.51. The van der Waals surface area contributed by atoms with Crippen molar-refractivity contribution >= 4 is 6.16 Å². The Kier molecular flexibility index (Phi) is 5.35. The van der Waals surface area contributed by atoms with Gasteiger partial charge in [-0.1, -0.05) is 0 Å². The highest BCUT2D eigenvalue weighted by atomic mass is 16.6. The van der Waals surface area contributed by atoms with E-state index in [4.69, 9.17) is 35.4 Å². The van der Waals surface area contributed by atoms with Gasteiger partial charge in [-0.25, -0.2) is 4.79 Å². The van der Waals surface area contributed by atoms with Crippen LogP contribution in [0.1, 0.15) is 0 Å². The zero-order valence-electron chi connectivity index (χ0n) is 7.02. The van der Waals surface area contributed by atoms with Crippen LogP contribution in [0, 0.1) is 0 Å². The van der Waals surface area contributed by atoms with Crippen molar-refractivity contribution in [2.45, 2.75) is 24.6 Å². The summed E-state index contributed by atoms with van der Waals surface area (Å²) in [5.41, 5.74) is 0. The van der Waals surface area contributed by atoms with Crippen LogP contribution in [0.5, 0.6) is 0 Å². The Morgan fingerprint density at radius 1 is 1.14 bits per heavy atom. The molecule has 6 N–H and O–H groups in total. The van der Waals surface area contributed by atoms with Crippen LogP contribution in [0.2, 0.25) is 0 Å². The molecule has 84 valence electrons. The fourth-order valence-corrected chi connectivity index (χ4v) is 0.880. The molecule has 0 aromatic rings. The van der Waals surface area contributed by atoms with Gasteiger partial charge in [0, 0.05) is 0 Å². The van der Waals surface area contributed by atoms with Crippen molar-refractivity contribution in [2.24, 2.45) is 0 Å². The Balaban J connectivity index is 0.000000364. The normalized spacial score (nSPS) is 36.0. The molecule has 1 rings (SSSR count). The summed E-state index contributed by atoms with van der Waals surface area (Å²) in [6, 6.07) is 0. The van der Waals surface area contributed by atoms with Crippen molar-refractivity contribution in [1.82, 2.24) is 0 Å². The third-order valence-corrected chi connectivity index (χ3v) is 1.52. The lowest BCUT2D eigenvalue weighted by molar-refractivity contribution is -0.132. The molecule has 0 saturated carbocycles. The van der Waals surface area contributed by atoms with Gasteiger partial charge in [-0.3, -0.25) is 0 Å². The molecule has 0 aliphatic carbocycles. The first kappa shape index (κ1) is 13.1. The number of carboxylic acid groups (broad SMARTS) is 2. The van der Waals surface area contributed by atoms with E-state index in [0.29, 0.717) is 0 Å². The summed E-state index contributed by atoms with van der Waals surface area (Å²) < 4.78 is 4.54. The third-order valence-electron chi connectivity index (χ3n) is 1.52. The molecule has 4 atom stereocenters. The molecule has 0 aromatic heterocycles. The molecule has 0 aromatic carbocycles. The van der Waals surface area contributed by atoms with Crippen LogP contribution in [0.3, 0.4) is 0 Å². The largest absolute Gasteiger partial charge is 0.503 e. The molecule has 1 fully saturated rings. The summed E-state index contributed by atoms with van der Waals surface area (Å²) in [7, 11) is 0. The minimum absolute atomic E-state index is 0.407. The minimum atomic E-state index is -1.83. The maximum atomic E-state index is 8.93. The highest BCUT2D eigenvalue weighted by Crippen LogP contribution is 2.18. The second kappa shape index (κ2) is 5.73. The van der Waals surface area contributed by atoms with E-state index >= 15 is 0 Å². The lowest BCUT2D eigenvalue weighted by atomic mass is 10.1. The van der Waals surface area contributed by atoms with Gasteiger partial charge >= 0.3 is 6.16 Å². The fraction of sp³-hybridized carbons (Fsp3) is 0.833. The van der Waals surface area contributed by atoms with Gasteiger partial charge in [-0.15, -0.1) is 0 Å². The molecule has 0 bridgehead atoms. The van der Waals surface area contributed by atoms with Crippen LogP contribution < -0.4 is 0 Å². The molecule has 8 nitrogen and oxygen atoms in total. The number of aliphatic hydroxyl groups is 4. The second-order valence-corrected chi connectivity index (χ2v) is 2.51. The summed E-state index contributed by atoms with van der Waals surface area (Å²) in [6.07, 6.45) is -6.59. The number of ether oxygens (including phenoxy) is 1. The van der Waals surface area contributed by atoms with Crippen molar-refractivity contribution in [2.75, 3.05) is 6.61 Å². The van der Waals surface area contributed by atoms with Gasteiger partial charge in [0.2, 0.25) is 0 Å². The van der Waals surface area contributed by atoms with E-state index in [1.54, 1.807) is 0 Å². The topological polar surface area (TPSA) is 148 Å². The van der Waals surface area contributed by atoms with Crippen molar-refractivity contribution in [3.8, 4) is 0 Å². The molecule has 1 aliphatic heterocycles. The van der Waals surface area contributed by atoms with E-state index in [2.05, 4.69) is 4.74 Å². The minimum Gasteiger partial charge on any atom is -0.450 e. The van der Waals surface area contributed by atoms with Crippen molar-refractivity contribution < 1.29 is 40.2 Å². The van der Waals surface area contributed by atoms with Crippen LogP contribution in [0.25, 0.3) is 0 Å². The highest BCUT2D eigenvalue weighted by Gasteiger charge is 2.41. The van der Waals surface area contributed by atoms with E-state index in [1.807, 2.05) is 0 Å². The zero-order chi connectivity index (χ0) is 11.3. The predicted octanol–water partition coefficient (Wildman–Crippen LogP) is -2.36. The Morgan fingerprint density at radius 3 is 1.71 bits per heavy atom. The highest BCUT2D eigenvalue weighted by molar-refractivity contribution is 5.53. The summed E-state index contributed by atoms with van der Waals surface area (Å²) >= 11 is 0. The summed E-state index contributed by atoms with van der Waals surface area (Å²) in [5, 5.41) is 48.9. The molecular formula is C6H12O8.